The van der Waals surface area contributed by atoms with E-state index in [0.29, 0.717) is 23.8 Å². The third-order valence-electron chi connectivity index (χ3n) is 4.37. The highest BCUT2D eigenvalue weighted by atomic mass is 16.5. The summed E-state index contributed by atoms with van der Waals surface area (Å²) < 4.78 is 11.0. The maximum absolute atomic E-state index is 12.6. The van der Waals surface area contributed by atoms with Crippen molar-refractivity contribution >= 4 is 5.91 Å². The lowest BCUT2D eigenvalue weighted by molar-refractivity contribution is 0.0629. The summed E-state index contributed by atoms with van der Waals surface area (Å²) in [5.74, 6) is 1.32. The van der Waals surface area contributed by atoms with Crippen molar-refractivity contribution in [1.29, 1.82) is 0 Å². The number of benzene rings is 1. The van der Waals surface area contributed by atoms with Crippen LogP contribution in [0.15, 0.2) is 30.3 Å². The summed E-state index contributed by atoms with van der Waals surface area (Å²) in [5.41, 5.74) is 1.20. The number of nitrogens with zero attached hydrogens (tertiary/aromatic N) is 2. The van der Waals surface area contributed by atoms with Crippen LogP contribution in [0.3, 0.4) is 0 Å². The Bertz CT molecular complexity index is 698. The minimum Gasteiger partial charge on any atom is -0.493 e. The number of carbonyl (C=O) groups is 1. The quantitative estimate of drug-likeness (QED) is 0.915. The van der Waals surface area contributed by atoms with E-state index in [2.05, 4.69) is 17.1 Å². The van der Waals surface area contributed by atoms with E-state index in [0.717, 1.165) is 25.1 Å². The number of carbonyl (C=O) groups excluding carboxylic acids is 1. The molecular formula is C18H23N3O3. The predicted octanol–water partition coefficient (Wildman–Crippen LogP) is 3.01. The second kappa shape index (κ2) is 7.38. The van der Waals surface area contributed by atoms with Crippen molar-refractivity contribution in [3.8, 4) is 11.5 Å². The van der Waals surface area contributed by atoms with Crippen LogP contribution >= 0.6 is 0 Å². The van der Waals surface area contributed by atoms with Crippen molar-refractivity contribution in [1.82, 2.24) is 15.1 Å². The number of aromatic amines is 1. The van der Waals surface area contributed by atoms with Gasteiger partial charge in [0.25, 0.3) is 5.91 Å². The van der Waals surface area contributed by atoms with Gasteiger partial charge in [-0.15, -0.1) is 0 Å². The van der Waals surface area contributed by atoms with Gasteiger partial charge in [0.05, 0.1) is 12.8 Å². The van der Waals surface area contributed by atoms with Crippen molar-refractivity contribution < 1.29 is 14.3 Å². The number of methoxy groups -OCH3 is 1. The van der Waals surface area contributed by atoms with E-state index in [1.54, 1.807) is 13.2 Å². The van der Waals surface area contributed by atoms with E-state index < -0.39 is 0 Å². The molecule has 2 aromatic rings. The zero-order valence-corrected chi connectivity index (χ0v) is 14.1. The van der Waals surface area contributed by atoms with Gasteiger partial charge < -0.3 is 14.4 Å². The highest BCUT2D eigenvalue weighted by molar-refractivity contribution is 5.92. The Kier molecular flexibility index (Phi) is 5.03. The number of amides is 1. The first kappa shape index (κ1) is 16.4. The number of ether oxygens (including phenoxy) is 2. The van der Waals surface area contributed by atoms with E-state index in [9.17, 15) is 4.79 Å². The molecule has 1 unspecified atom stereocenters. The van der Waals surface area contributed by atoms with Crippen molar-refractivity contribution in [2.45, 2.75) is 38.8 Å². The largest absolute Gasteiger partial charge is 0.493 e. The molecule has 1 aliphatic heterocycles. The number of likely N-dealkylation sites (tertiary alicyclic amines) is 1. The average Bonchev–Trinajstić information content (AvgIpc) is 3.09. The van der Waals surface area contributed by atoms with Crippen LogP contribution in [0.5, 0.6) is 11.5 Å². The van der Waals surface area contributed by atoms with Gasteiger partial charge in [0.2, 0.25) is 0 Å². The first-order valence-electron chi connectivity index (χ1n) is 8.30. The van der Waals surface area contributed by atoms with Gasteiger partial charge in [-0.1, -0.05) is 12.1 Å². The van der Waals surface area contributed by atoms with Crippen LogP contribution in [0.25, 0.3) is 0 Å². The van der Waals surface area contributed by atoms with Crippen LogP contribution in [0, 0.1) is 0 Å². The summed E-state index contributed by atoms with van der Waals surface area (Å²) in [6, 6.07) is 9.50. The molecule has 0 radical (unpaired) electrons. The molecule has 128 valence electrons. The fourth-order valence-corrected chi connectivity index (χ4v) is 2.99. The molecule has 0 saturated carbocycles. The third kappa shape index (κ3) is 3.53. The monoisotopic (exact) mass is 329 g/mol. The maximum Gasteiger partial charge on any atom is 0.274 e. The average molecular weight is 329 g/mol. The van der Waals surface area contributed by atoms with Gasteiger partial charge in [-0.05, 0) is 44.4 Å². The highest BCUT2D eigenvalue weighted by Gasteiger charge is 2.25. The molecule has 3 rings (SSSR count). The first-order chi connectivity index (χ1) is 11.7. The van der Waals surface area contributed by atoms with Crippen molar-refractivity contribution in [3.05, 3.63) is 41.7 Å². The van der Waals surface area contributed by atoms with Crippen LogP contribution in [0.1, 0.15) is 42.4 Å². The van der Waals surface area contributed by atoms with Gasteiger partial charge >= 0.3 is 0 Å². The van der Waals surface area contributed by atoms with Crippen molar-refractivity contribution in [3.63, 3.8) is 0 Å². The number of piperidine rings is 1. The van der Waals surface area contributed by atoms with Crippen LogP contribution in [-0.2, 0) is 6.61 Å². The molecular weight excluding hydrogens is 306 g/mol. The Morgan fingerprint density at radius 2 is 2.12 bits per heavy atom. The van der Waals surface area contributed by atoms with E-state index in [1.165, 1.54) is 6.42 Å². The number of nitrogens with one attached hydrogen (secondary N) is 1. The summed E-state index contributed by atoms with van der Waals surface area (Å²) in [5, 5.41) is 7.04. The molecule has 1 aromatic carbocycles. The molecule has 1 aliphatic rings. The maximum atomic E-state index is 12.6. The number of aromatic nitrogens is 2. The van der Waals surface area contributed by atoms with Gasteiger partial charge in [0.1, 0.15) is 6.61 Å². The first-order valence-corrected chi connectivity index (χ1v) is 8.30. The molecule has 0 bridgehead atoms. The Morgan fingerprint density at radius 3 is 2.88 bits per heavy atom. The fraction of sp³-hybridized carbons (Fsp3) is 0.444. The standard InChI is InChI=1S/C18H23N3O3/c1-13-7-5-6-10-21(13)18(22)15-11-14(19-20-15)12-24-17-9-4-3-8-16(17)23-2/h3-4,8-9,11,13H,5-7,10,12H2,1-2H3,(H,19,20). The number of hydrogen-bond donors (Lipinski definition) is 1. The predicted molar refractivity (Wildman–Crippen MR) is 90.3 cm³/mol. The van der Waals surface area contributed by atoms with Crippen LogP contribution in [0.4, 0.5) is 0 Å². The third-order valence-corrected chi connectivity index (χ3v) is 4.37. The molecule has 6 nitrogen and oxygen atoms in total. The minimum atomic E-state index is -0.0120. The topological polar surface area (TPSA) is 67.5 Å². The number of hydrogen-bond acceptors (Lipinski definition) is 4. The van der Waals surface area contributed by atoms with E-state index in [1.807, 2.05) is 29.2 Å². The second-order valence-electron chi connectivity index (χ2n) is 6.06. The number of para-hydroxylation sites is 2. The normalized spacial score (nSPS) is 17.6. The van der Waals surface area contributed by atoms with E-state index >= 15 is 0 Å². The molecule has 0 spiro atoms. The summed E-state index contributed by atoms with van der Waals surface area (Å²) in [6.45, 7) is 3.20. The van der Waals surface area contributed by atoms with Gasteiger partial charge in [-0.2, -0.15) is 5.10 Å². The summed E-state index contributed by atoms with van der Waals surface area (Å²) in [7, 11) is 1.61. The van der Waals surface area contributed by atoms with Crippen LogP contribution in [0.2, 0.25) is 0 Å². The zero-order chi connectivity index (χ0) is 16.9. The number of rotatable bonds is 5. The molecule has 1 saturated heterocycles. The van der Waals surface area contributed by atoms with E-state index in [4.69, 9.17) is 9.47 Å². The Balaban J connectivity index is 1.64. The molecule has 2 heterocycles. The molecule has 6 heteroatoms. The van der Waals surface area contributed by atoms with Gasteiger partial charge in [0.15, 0.2) is 17.2 Å². The Labute approximate surface area is 141 Å². The lowest BCUT2D eigenvalue weighted by atomic mass is 10.0. The highest BCUT2D eigenvalue weighted by Crippen LogP contribution is 2.26. The smallest absolute Gasteiger partial charge is 0.274 e. The van der Waals surface area contributed by atoms with Gasteiger partial charge in [-0.3, -0.25) is 9.89 Å². The van der Waals surface area contributed by atoms with Crippen LogP contribution < -0.4 is 9.47 Å². The molecule has 1 fully saturated rings. The summed E-state index contributed by atoms with van der Waals surface area (Å²) in [6.07, 6.45) is 3.30. The lowest BCUT2D eigenvalue weighted by Crippen LogP contribution is -2.42. The number of H-pyrrole nitrogens is 1. The summed E-state index contributed by atoms with van der Waals surface area (Å²) in [4.78, 5) is 14.5. The van der Waals surface area contributed by atoms with E-state index in [-0.39, 0.29) is 11.9 Å². The summed E-state index contributed by atoms with van der Waals surface area (Å²) >= 11 is 0. The fourth-order valence-electron chi connectivity index (χ4n) is 2.99. The van der Waals surface area contributed by atoms with Crippen LogP contribution in [-0.4, -0.2) is 40.7 Å². The molecule has 0 aliphatic carbocycles. The van der Waals surface area contributed by atoms with Gasteiger partial charge in [0, 0.05) is 12.6 Å². The SMILES string of the molecule is COc1ccccc1OCc1cc(C(=O)N2CCCCC2C)n[nH]1. The zero-order valence-electron chi connectivity index (χ0n) is 14.1. The minimum absolute atomic E-state index is 0.0120. The lowest BCUT2D eigenvalue weighted by Gasteiger charge is -2.32. The molecule has 1 N–H and O–H groups in total. The van der Waals surface area contributed by atoms with Crippen molar-refractivity contribution in [2.24, 2.45) is 0 Å². The van der Waals surface area contributed by atoms with Crippen molar-refractivity contribution in [2.75, 3.05) is 13.7 Å². The molecule has 1 atom stereocenters. The molecule has 24 heavy (non-hydrogen) atoms. The Morgan fingerprint density at radius 1 is 1.33 bits per heavy atom. The second-order valence-corrected chi connectivity index (χ2v) is 6.06. The van der Waals surface area contributed by atoms with Gasteiger partial charge in [-0.25, -0.2) is 0 Å². The Hall–Kier alpha value is -2.50. The molecule has 1 amide bonds. The molecule has 1 aromatic heterocycles.